The Morgan fingerprint density at radius 3 is 3.00 bits per heavy atom. The fraction of sp³-hybridized carbons (Fsp3) is 0.286. The highest BCUT2D eigenvalue weighted by Gasteiger charge is 2.24. The van der Waals surface area contributed by atoms with Crippen LogP contribution in [0.5, 0.6) is 0 Å². The summed E-state index contributed by atoms with van der Waals surface area (Å²) in [7, 11) is 0. The molecule has 1 heterocycles. The Hall–Kier alpha value is -2.39. The molecule has 0 bridgehead atoms. The van der Waals surface area contributed by atoms with Gasteiger partial charge in [0, 0.05) is 18.5 Å². The Labute approximate surface area is 115 Å². The molecule has 2 rings (SSSR count). The van der Waals surface area contributed by atoms with Crippen molar-refractivity contribution in [2.75, 3.05) is 13.1 Å². The number of hydrogen-bond acceptors (Lipinski definition) is 3. The first-order chi connectivity index (χ1) is 9.60. The van der Waals surface area contributed by atoms with Crippen LogP contribution in [0.15, 0.2) is 18.2 Å². The lowest BCUT2D eigenvalue weighted by atomic mass is 10.1. The van der Waals surface area contributed by atoms with E-state index >= 15 is 0 Å². The molecule has 0 aromatic heterocycles. The Morgan fingerprint density at radius 2 is 2.35 bits per heavy atom. The maximum absolute atomic E-state index is 13.3. The van der Waals surface area contributed by atoms with Crippen LogP contribution in [0.2, 0.25) is 0 Å². The molecule has 1 aliphatic heterocycles. The van der Waals surface area contributed by atoms with E-state index in [2.05, 4.69) is 22.5 Å². The van der Waals surface area contributed by atoms with Gasteiger partial charge in [-0.05, 0) is 18.2 Å². The van der Waals surface area contributed by atoms with Crippen molar-refractivity contribution in [3.8, 4) is 11.8 Å². The van der Waals surface area contributed by atoms with E-state index < -0.39 is 11.7 Å². The molecule has 1 aliphatic rings. The van der Waals surface area contributed by atoms with Crippen LogP contribution in [0.4, 0.5) is 4.39 Å². The predicted molar refractivity (Wildman–Crippen MR) is 71.2 cm³/mol. The van der Waals surface area contributed by atoms with Gasteiger partial charge in [-0.15, -0.1) is 0 Å². The van der Waals surface area contributed by atoms with Crippen molar-refractivity contribution in [3.05, 3.63) is 35.1 Å². The summed E-state index contributed by atoms with van der Waals surface area (Å²) in [5.74, 6) is 4.27. The Balaban J connectivity index is 2.19. The maximum atomic E-state index is 13.3. The number of hydrogen-bond donors (Lipinski definition) is 3. The SMILES string of the molecule is NCC#Cc1ccc(F)cc1C(=O)NC1CNC(=O)C1. The van der Waals surface area contributed by atoms with E-state index in [1.54, 1.807) is 0 Å². The molecular weight excluding hydrogens is 261 g/mol. The van der Waals surface area contributed by atoms with Crippen molar-refractivity contribution >= 4 is 11.8 Å². The Bertz CT molecular complexity index is 604. The van der Waals surface area contributed by atoms with Crippen molar-refractivity contribution < 1.29 is 14.0 Å². The predicted octanol–water partition coefficient (Wildman–Crippen LogP) is -0.246. The van der Waals surface area contributed by atoms with Crippen LogP contribution < -0.4 is 16.4 Å². The first-order valence-electron chi connectivity index (χ1n) is 6.16. The van der Waals surface area contributed by atoms with Gasteiger partial charge in [0.25, 0.3) is 5.91 Å². The third kappa shape index (κ3) is 3.33. The quantitative estimate of drug-likeness (QED) is 0.651. The summed E-state index contributed by atoms with van der Waals surface area (Å²) in [6.07, 6.45) is 0.227. The van der Waals surface area contributed by atoms with E-state index in [0.29, 0.717) is 12.1 Å². The lowest BCUT2D eigenvalue weighted by Gasteiger charge is -2.11. The van der Waals surface area contributed by atoms with Crippen LogP contribution in [0.1, 0.15) is 22.3 Å². The molecule has 1 saturated heterocycles. The molecule has 1 fully saturated rings. The smallest absolute Gasteiger partial charge is 0.252 e. The molecule has 20 heavy (non-hydrogen) atoms. The van der Waals surface area contributed by atoms with Crippen LogP contribution in [0.3, 0.4) is 0 Å². The second-order valence-corrected chi connectivity index (χ2v) is 4.37. The van der Waals surface area contributed by atoms with Crippen LogP contribution in [-0.2, 0) is 4.79 Å². The molecular formula is C14H14FN3O2. The van der Waals surface area contributed by atoms with Gasteiger partial charge >= 0.3 is 0 Å². The molecule has 0 spiro atoms. The average Bonchev–Trinajstić information content (AvgIpc) is 2.82. The highest BCUT2D eigenvalue weighted by atomic mass is 19.1. The molecule has 1 aromatic rings. The van der Waals surface area contributed by atoms with Gasteiger partial charge in [-0.25, -0.2) is 4.39 Å². The summed E-state index contributed by atoms with van der Waals surface area (Å²) in [5, 5.41) is 5.30. The third-order valence-corrected chi connectivity index (χ3v) is 2.86. The highest BCUT2D eigenvalue weighted by Crippen LogP contribution is 2.11. The fourth-order valence-electron chi connectivity index (χ4n) is 1.93. The monoisotopic (exact) mass is 275 g/mol. The summed E-state index contributed by atoms with van der Waals surface area (Å²) >= 11 is 0. The van der Waals surface area contributed by atoms with Crippen molar-refractivity contribution in [2.24, 2.45) is 5.73 Å². The fourth-order valence-corrected chi connectivity index (χ4v) is 1.93. The van der Waals surface area contributed by atoms with Gasteiger partial charge in [-0.3, -0.25) is 9.59 Å². The lowest BCUT2D eigenvalue weighted by molar-refractivity contribution is -0.119. The van der Waals surface area contributed by atoms with Crippen LogP contribution >= 0.6 is 0 Å². The zero-order valence-corrected chi connectivity index (χ0v) is 10.7. The van der Waals surface area contributed by atoms with Gasteiger partial charge in [0.2, 0.25) is 5.91 Å². The minimum absolute atomic E-state index is 0.113. The van der Waals surface area contributed by atoms with Crippen molar-refractivity contribution in [1.82, 2.24) is 10.6 Å². The standard InChI is InChI=1S/C14H14FN3O2/c15-10-4-3-9(2-1-5-16)12(6-10)14(20)18-11-7-13(19)17-8-11/h3-4,6,11H,5,7-8,16H2,(H,17,19)(H,18,20). The Kier molecular flexibility index (Phi) is 4.33. The van der Waals surface area contributed by atoms with Crippen LogP contribution in [0.25, 0.3) is 0 Å². The van der Waals surface area contributed by atoms with E-state index in [9.17, 15) is 14.0 Å². The first-order valence-corrected chi connectivity index (χ1v) is 6.16. The number of nitrogens with two attached hydrogens (primary N) is 1. The Morgan fingerprint density at radius 1 is 1.55 bits per heavy atom. The molecule has 1 unspecified atom stereocenters. The molecule has 0 radical (unpaired) electrons. The number of carbonyl (C=O) groups is 2. The normalized spacial score (nSPS) is 17.1. The largest absolute Gasteiger partial charge is 0.354 e. The molecule has 1 aromatic carbocycles. The van der Waals surface area contributed by atoms with E-state index in [-0.39, 0.29) is 30.5 Å². The van der Waals surface area contributed by atoms with Crippen LogP contribution in [-0.4, -0.2) is 30.9 Å². The first kappa shape index (κ1) is 14.0. The summed E-state index contributed by atoms with van der Waals surface area (Å²) in [6.45, 7) is 0.531. The second kappa shape index (κ2) is 6.17. The van der Waals surface area contributed by atoms with Gasteiger partial charge in [0.1, 0.15) is 5.82 Å². The molecule has 0 saturated carbocycles. The van der Waals surface area contributed by atoms with Gasteiger partial charge in [-0.1, -0.05) is 11.8 Å². The molecule has 2 amide bonds. The number of rotatable bonds is 2. The number of benzene rings is 1. The van der Waals surface area contributed by atoms with Crippen molar-refractivity contribution in [2.45, 2.75) is 12.5 Å². The molecule has 1 atom stereocenters. The van der Waals surface area contributed by atoms with E-state index in [1.807, 2.05) is 0 Å². The molecule has 0 aliphatic carbocycles. The third-order valence-electron chi connectivity index (χ3n) is 2.86. The van der Waals surface area contributed by atoms with Gasteiger partial charge in [0.05, 0.1) is 18.2 Å². The molecule has 104 valence electrons. The minimum Gasteiger partial charge on any atom is -0.354 e. The second-order valence-electron chi connectivity index (χ2n) is 4.37. The molecule has 5 nitrogen and oxygen atoms in total. The van der Waals surface area contributed by atoms with Crippen LogP contribution in [0, 0.1) is 17.7 Å². The lowest BCUT2D eigenvalue weighted by Crippen LogP contribution is -2.36. The topological polar surface area (TPSA) is 84.2 Å². The summed E-state index contributed by atoms with van der Waals surface area (Å²) in [6, 6.07) is 3.51. The maximum Gasteiger partial charge on any atom is 0.252 e. The van der Waals surface area contributed by atoms with E-state index in [0.717, 1.165) is 6.07 Å². The van der Waals surface area contributed by atoms with E-state index in [4.69, 9.17) is 5.73 Å². The molecule has 6 heteroatoms. The van der Waals surface area contributed by atoms with Crippen molar-refractivity contribution in [1.29, 1.82) is 0 Å². The zero-order chi connectivity index (χ0) is 14.5. The minimum atomic E-state index is -0.519. The highest BCUT2D eigenvalue weighted by molar-refractivity contribution is 5.97. The van der Waals surface area contributed by atoms with E-state index in [1.165, 1.54) is 12.1 Å². The number of carbonyl (C=O) groups excluding carboxylic acids is 2. The van der Waals surface area contributed by atoms with Gasteiger partial charge in [-0.2, -0.15) is 0 Å². The summed E-state index contributed by atoms with van der Waals surface area (Å²) < 4.78 is 13.3. The summed E-state index contributed by atoms with van der Waals surface area (Å²) in [4.78, 5) is 23.2. The average molecular weight is 275 g/mol. The number of amides is 2. The number of halogens is 1. The molecule has 4 N–H and O–H groups in total. The van der Waals surface area contributed by atoms with Gasteiger partial charge in [0.15, 0.2) is 0 Å². The number of nitrogens with one attached hydrogen (secondary N) is 2. The zero-order valence-electron chi connectivity index (χ0n) is 10.7. The van der Waals surface area contributed by atoms with Gasteiger partial charge < -0.3 is 16.4 Å². The van der Waals surface area contributed by atoms with Crippen molar-refractivity contribution in [3.63, 3.8) is 0 Å². The summed E-state index contributed by atoms with van der Waals surface area (Å²) in [5.41, 5.74) is 5.84.